The summed E-state index contributed by atoms with van der Waals surface area (Å²) in [6, 6.07) is 12.4. The van der Waals surface area contributed by atoms with Crippen LogP contribution in [0.15, 0.2) is 48.6 Å². The Bertz CT molecular complexity index is 1870. The van der Waals surface area contributed by atoms with Crippen LogP contribution in [0.1, 0.15) is 74.4 Å². The topological polar surface area (TPSA) is 83.6 Å². The first kappa shape index (κ1) is 38.3. The van der Waals surface area contributed by atoms with E-state index in [2.05, 4.69) is 63.4 Å². The fourth-order valence-electron chi connectivity index (χ4n) is 10.4. The highest BCUT2D eigenvalue weighted by molar-refractivity contribution is 7.99. The number of allylic oxidation sites excluding steroid dienone is 1. The number of morpholine rings is 1. The van der Waals surface area contributed by atoms with Crippen molar-refractivity contribution in [3.05, 3.63) is 70.3 Å². The molecule has 2 bridgehead atoms. The molecule has 4 heterocycles. The summed E-state index contributed by atoms with van der Waals surface area (Å²) in [5.41, 5.74) is 3.27. The van der Waals surface area contributed by atoms with Gasteiger partial charge in [0.2, 0.25) is 0 Å². The number of fused-ring (bicyclic) bond motifs is 5. The minimum absolute atomic E-state index is 0.0245. The van der Waals surface area contributed by atoms with Gasteiger partial charge in [0, 0.05) is 80.2 Å². The second kappa shape index (κ2) is 15.1. The van der Waals surface area contributed by atoms with Crippen LogP contribution in [0, 0.1) is 17.8 Å². The maximum Gasteiger partial charge on any atom is 0.262 e. The summed E-state index contributed by atoms with van der Waals surface area (Å²) in [5, 5.41) is 0.429. The van der Waals surface area contributed by atoms with Gasteiger partial charge in [0.15, 0.2) is 0 Å². The Morgan fingerprint density at radius 3 is 2.74 bits per heavy atom. The van der Waals surface area contributed by atoms with Crippen LogP contribution >= 0.6 is 11.6 Å². The number of nitrogens with zero attached hydrogens (tertiary/aromatic N) is 3. The molecule has 6 aliphatic rings. The third kappa shape index (κ3) is 7.24. The van der Waals surface area contributed by atoms with E-state index < -0.39 is 15.3 Å². The van der Waals surface area contributed by atoms with Crippen molar-refractivity contribution in [3.8, 4) is 5.75 Å². The molecule has 294 valence electrons. The van der Waals surface area contributed by atoms with Gasteiger partial charge in [0.1, 0.15) is 11.4 Å². The van der Waals surface area contributed by atoms with Gasteiger partial charge in [-0.2, -0.15) is 0 Å². The molecule has 0 aromatic heterocycles. The lowest BCUT2D eigenvalue weighted by molar-refractivity contribution is -0.117. The number of halogens is 1. The first-order valence-electron chi connectivity index (χ1n) is 20.2. The molecule has 9 nitrogen and oxygen atoms in total. The molecular weight excluding hydrogens is 720 g/mol. The van der Waals surface area contributed by atoms with Crippen LogP contribution < -0.4 is 14.4 Å². The van der Waals surface area contributed by atoms with Crippen LogP contribution in [0.25, 0.3) is 0 Å². The highest BCUT2D eigenvalue weighted by Crippen LogP contribution is 2.49. The highest BCUT2D eigenvalue weighted by Gasteiger charge is 2.50. The molecule has 9 atom stereocenters. The number of carbonyl (C=O) groups is 1. The molecule has 1 saturated carbocycles. The van der Waals surface area contributed by atoms with Crippen LogP contribution in [0.2, 0.25) is 5.02 Å². The first-order valence-corrected chi connectivity index (χ1v) is 22.4. The van der Waals surface area contributed by atoms with Gasteiger partial charge in [-0.05, 0) is 117 Å². The van der Waals surface area contributed by atoms with Crippen LogP contribution in [0.5, 0.6) is 5.75 Å². The maximum atomic E-state index is 14.1. The summed E-state index contributed by atoms with van der Waals surface area (Å²) in [6.45, 7) is 13.9. The van der Waals surface area contributed by atoms with Crippen molar-refractivity contribution in [3.63, 3.8) is 0 Å². The molecule has 1 amide bonds. The van der Waals surface area contributed by atoms with Crippen molar-refractivity contribution in [2.24, 2.45) is 17.8 Å². The van der Waals surface area contributed by atoms with Gasteiger partial charge in [-0.1, -0.05) is 36.7 Å². The van der Waals surface area contributed by atoms with Crippen LogP contribution in [-0.2, 0) is 31.0 Å². The number of ether oxygens (including phenoxy) is 3. The Morgan fingerprint density at radius 1 is 1.09 bits per heavy atom. The molecule has 4 aliphatic heterocycles. The van der Waals surface area contributed by atoms with Crippen molar-refractivity contribution in [1.82, 2.24) is 14.5 Å². The number of benzene rings is 2. The lowest BCUT2D eigenvalue weighted by Crippen LogP contribution is -2.63. The zero-order chi connectivity index (χ0) is 37.8. The van der Waals surface area contributed by atoms with Gasteiger partial charge in [-0.3, -0.25) is 19.3 Å². The normalized spacial score (nSPS) is 38.2. The molecule has 54 heavy (non-hydrogen) atoms. The Kier molecular flexibility index (Phi) is 10.7. The predicted octanol–water partition coefficient (Wildman–Crippen LogP) is 5.98. The van der Waals surface area contributed by atoms with Gasteiger partial charge < -0.3 is 19.1 Å². The van der Waals surface area contributed by atoms with Gasteiger partial charge in [-0.15, -0.1) is 0 Å². The molecular formula is C43H59ClN4O5S. The standard InChI is InChI=1S/C43H59ClN4O5S/c1-29-8-6-17-43(51-4,27-46-18-19-47-22-30(2)52-25-36(47)24-46)38-13-10-34(38)23-48-26-42(16-7-9-32-20-35(44)12-14-37(32)42)28-53-40-15-11-33(21-39(40)48)41(49)45-54(5,50)31(29)3/h6,11-12,14-15,17,20-21,29-31,34,36,38H,5,7-10,13,16,18-19,22-28H2,1-4H3,(H,45,49,50)/b17-6+/t29-,30-,31+,34-,36-,38+,42-,43+,54?/m0/s1. The van der Waals surface area contributed by atoms with E-state index in [9.17, 15) is 9.00 Å². The third-order valence-corrected chi connectivity index (χ3v) is 16.4. The van der Waals surface area contributed by atoms with Gasteiger partial charge >= 0.3 is 0 Å². The van der Waals surface area contributed by atoms with E-state index >= 15 is 0 Å². The number of anilines is 1. The number of carbonyl (C=O) groups excluding carboxylic acids is 1. The number of aryl methyl sites for hydroxylation is 1. The molecule has 3 fully saturated rings. The lowest BCUT2D eigenvalue weighted by atomic mass is 9.63. The summed E-state index contributed by atoms with van der Waals surface area (Å²) in [4.78, 5) is 21.5. The van der Waals surface area contributed by atoms with Crippen molar-refractivity contribution in [2.45, 2.75) is 87.7 Å². The summed E-state index contributed by atoms with van der Waals surface area (Å²) >= 11 is 6.53. The lowest BCUT2D eigenvalue weighted by Gasteiger charge is -2.53. The molecule has 1 N–H and O–H groups in total. The van der Waals surface area contributed by atoms with E-state index in [0.717, 1.165) is 101 Å². The smallest absolute Gasteiger partial charge is 0.262 e. The molecule has 2 aromatic carbocycles. The third-order valence-electron chi connectivity index (χ3n) is 14.0. The van der Waals surface area contributed by atoms with E-state index in [4.69, 9.17) is 25.8 Å². The van der Waals surface area contributed by atoms with Crippen molar-refractivity contribution in [1.29, 1.82) is 0 Å². The average molecular weight is 779 g/mol. The van der Waals surface area contributed by atoms with Crippen LogP contribution in [0.3, 0.4) is 0 Å². The van der Waals surface area contributed by atoms with Crippen molar-refractivity contribution in [2.75, 3.05) is 71.0 Å². The van der Waals surface area contributed by atoms with Gasteiger partial charge in [0.25, 0.3) is 5.91 Å². The largest absolute Gasteiger partial charge is 0.490 e. The zero-order valence-electron chi connectivity index (χ0n) is 32.6. The SMILES string of the molecule is C=S1(=O)NC(=O)c2ccc3c(c2)N(C[C@@H]2CC[C@H]2[C@@](CN2CCN4C[C@H](C)OC[C@@H]4C2)(OC)/C=C/C[C@H](C)[C@H]1C)C[C@@]1(CCCc2cc(Cl)ccc21)CO3. The Balaban J connectivity index is 1.18. The Hall–Kier alpha value is -2.60. The summed E-state index contributed by atoms with van der Waals surface area (Å²) < 4.78 is 36.6. The second-order valence-electron chi connectivity index (χ2n) is 17.4. The molecule has 1 unspecified atom stereocenters. The number of methoxy groups -OCH3 is 1. The van der Waals surface area contributed by atoms with E-state index in [1.54, 1.807) is 6.07 Å². The van der Waals surface area contributed by atoms with Gasteiger partial charge in [-0.25, -0.2) is 4.21 Å². The molecule has 8 rings (SSSR count). The minimum atomic E-state index is -2.96. The zero-order valence-corrected chi connectivity index (χ0v) is 34.1. The van der Waals surface area contributed by atoms with Crippen LogP contribution in [0.4, 0.5) is 5.69 Å². The fourth-order valence-corrected chi connectivity index (χ4v) is 12.1. The van der Waals surface area contributed by atoms with Gasteiger partial charge in [0.05, 0.1) is 34.7 Å². The Morgan fingerprint density at radius 2 is 1.94 bits per heavy atom. The van der Waals surface area contributed by atoms with Crippen molar-refractivity contribution < 1.29 is 23.2 Å². The van der Waals surface area contributed by atoms with E-state index in [0.29, 0.717) is 36.5 Å². The predicted molar refractivity (Wildman–Crippen MR) is 218 cm³/mol. The van der Waals surface area contributed by atoms with E-state index in [1.807, 2.05) is 32.2 Å². The summed E-state index contributed by atoms with van der Waals surface area (Å²) in [7, 11) is -1.07. The van der Waals surface area contributed by atoms with Crippen LogP contribution in [-0.4, -0.2) is 115 Å². The Labute approximate surface area is 327 Å². The molecule has 11 heteroatoms. The summed E-state index contributed by atoms with van der Waals surface area (Å²) in [6.07, 6.45) is 10.8. The maximum absolute atomic E-state index is 14.1. The van der Waals surface area contributed by atoms with E-state index in [-0.39, 0.29) is 28.6 Å². The number of rotatable bonds is 3. The minimum Gasteiger partial charge on any atom is -0.490 e. The fraction of sp³-hybridized carbons (Fsp3) is 0.628. The molecule has 0 radical (unpaired) electrons. The quantitative estimate of drug-likeness (QED) is 0.302. The van der Waals surface area contributed by atoms with E-state index in [1.165, 1.54) is 11.1 Å². The number of piperazine rings is 1. The monoisotopic (exact) mass is 778 g/mol. The number of hydrogen-bond donors (Lipinski definition) is 1. The number of nitrogens with one attached hydrogen (secondary N) is 1. The second-order valence-corrected chi connectivity index (χ2v) is 20.2. The van der Waals surface area contributed by atoms with Crippen molar-refractivity contribution >= 4 is 38.8 Å². The number of hydrogen-bond acceptors (Lipinski definition) is 8. The average Bonchev–Trinajstić information content (AvgIpc) is 3.29. The number of amides is 1. The summed E-state index contributed by atoms with van der Waals surface area (Å²) in [5.74, 6) is 5.18. The molecule has 2 aromatic rings. The molecule has 1 spiro atoms. The molecule has 2 saturated heterocycles. The highest BCUT2D eigenvalue weighted by atomic mass is 35.5. The molecule has 2 aliphatic carbocycles. The first-order chi connectivity index (χ1) is 25.9.